The van der Waals surface area contributed by atoms with Crippen molar-refractivity contribution < 1.29 is 9.84 Å². The van der Waals surface area contributed by atoms with Gasteiger partial charge in [0, 0.05) is 5.56 Å². The van der Waals surface area contributed by atoms with Gasteiger partial charge in [-0.2, -0.15) is 0 Å². The van der Waals surface area contributed by atoms with Crippen molar-refractivity contribution in [2.24, 2.45) is 17.3 Å². The minimum Gasteiger partial charge on any atom is -0.508 e. The van der Waals surface area contributed by atoms with E-state index in [4.69, 9.17) is 4.74 Å². The Labute approximate surface area is 231 Å². The van der Waals surface area contributed by atoms with Crippen LogP contribution >= 0.6 is 0 Å². The maximum absolute atomic E-state index is 10.8. The highest BCUT2D eigenvalue weighted by atomic mass is 16.5. The van der Waals surface area contributed by atoms with Crippen LogP contribution in [0.4, 0.5) is 0 Å². The van der Waals surface area contributed by atoms with E-state index in [1.54, 1.807) is 7.11 Å². The van der Waals surface area contributed by atoms with Crippen LogP contribution in [-0.2, 0) is 19.3 Å². The molecule has 2 aliphatic rings. The monoisotopic (exact) mass is 512 g/mol. The second-order valence-electron chi connectivity index (χ2n) is 12.8. The van der Waals surface area contributed by atoms with Crippen LogP contribution in [0.15, 0.2) is 47.6 Å². The molecule has 2 unspecified atom stereocenters. The summed E-state index contributed by atoms with van der Waals surface area (Å²) in [5.41, 5.74) is 10.4. The van der Waals surface area contributed by atoms with Gasteiger partial charge in [-0.1, -0.05) is 67.9 Å². The molecular formula is C36H48O2. The van der Waals surface area contributed by atoms with Crippen molar-refractivity contribution in [3.05, 3.63) is 80.9 Å². The van der Waals surface area contributed by atoms with E-state index in [1.165, 1.54) is 47.1 Å². The summed E-state index contributed by atoms with van der Waals surface area (Å²) >= 11 is 0. The van der Waals surface area contributed by atoms with E-state index in [2.05, 4.69) is 84.0 Å². The van der Waals surface area contributed by atoms with E-state index in [0.717, 1.165) is 66.4 Å². The zero-order valence-electron chi connectivity index (χ0n) is 24.8. The Morgan fingerprint density at radius 2 is 1.76 bits per heavy atom. The quantitative estimate of drug-likeness (QED) is 0.282. The van der Waals surface area contributed by atoms with Gasteiger partial charge in [0.25, 0.3) is 0 Å². The molecule has 2 aromatic carbocycles. The molecule has 2 atom stereocenters. The predicted molar refractivity (Wildman–Crippen MR) is 163 cm³/mol. The number of fused-ring (bicyclic) bond motifs is 2. The number of rotatable bonds is 8. The van der Waals surface area contributed by atoms with Crippen molar-refractivity contribution in [1.82, 2.24) is 0 Å². The predicted octanol–water partition coefficient (Wildman–Crippen LogP) is 9.66. The third-order valence-corrected chi connectivity index (χ3v) is 9.10. The molecular weight excluding hydrogens is 464 g/mol. The number of ether oxygens (including phenoxy) is 1. The topological polar surface area (TPSA) is 29.5 Å². The Morgan fingerprint density at radius 3 is 2.45 bits per heavy atom. The van der Waals surface area contributed by atoms with Crippen LogP contribution in [0.2, 0.25) is 0 Å². The summed E-state index contributed by atoms with van der Waals surface area (Å²) in [4.78, 5) is 0. The highest BCUT2D eigenvalue weighted by Crippen LogP contribution is 2.51. The first-order valence-electron chi connectivity index (χ1n) is 14.6. The zero-order valence-corrected chi connectivity index (χ0v) is 24.8. The average molecular weight is 513 g/mol. The summed E-state index contributed by atoms with van der Waals surface area (Å²) in [5, 5.41) is 10.8. The summed E-state index contributed by atoms with van der Waals surface area (Å²) in [5.74, 6) is 2.95. The SMILES string of the molecule is COc1cc(/C=C/c2cc(C)c(C/C=C(\C)CCC=C(C)C)c(O)c2)cc2c1CC1CCCC(C)(C)C1C2. The van der Waals surface area contributed by atoms with Gasteiger partial charge in [-0.25, -0.2) is 0 Å². The molecule has 2 nitrogen and oxygen atoms in total. The van der Waals surface area contributed by atoms with E-state index < -0.39 is 0 Å². The molecule has 0 bridgehead atoms. The maximum atomic E-state index is 10.8. The van der Waals surface area contributed by atoms with E-state index in [9.17, 15) is 5.11 Å². The highest BCUT2D eigenvalue weighted by Gasteiger charge is 2.42. The van der Waals surface area contributed by atoms with Gasteiger partial charge in [0.1, 0.15) is 11.5 Å². The minimum absolute atomic E-state index is 0.381. The van der Waals surface area contributed by atoms with Crippen molar-refractivity contribution in [2.45, 2.75) is 92.9 Å². The molecule has 204 valence electrons. The van der Waals surface area contributed by atoms with Gasteiger partial charge in [-0.05, 0) is 130 Å². The first kappa shape index (κ1) is 28.3. The molecule has 0 amide bonds. The Morgan fingerprint density at radius 1 is 1.03 bits per heavy atom. The Bertz CT molecular complexity index is 1210. The summed E-state index contributed by atoms with van der Waals surface area (Å²) in [6, 6.07) is 8.64. The smallest absolute Gasteiger partial charge is 0.122 e. The molecule has 1 saturated carbocycles. The second-order valence-corrected chi connectivity index (χ2v) is 12.8. The van der Waals surface area contributed by atoms with Crippen LogP contribution in [0.1, 0.15) is 100 Å². The summed E-state index contributed by atoms with van der Waals surface area (Å²) in [7, 11) is 1.80. The molecule has 4 rings (SSSR count). The average Bonchev–Trinajstić information content (AvgIpc) is 2.85. The third-order valence-electron chi connectivity index (χ3n) is 9.10. The second kappa shape index (κ2) is 12.0. The minimum atomic E-state index is 0.381. The molecule has 0 radical (unpaired) electrons. The van der Waals surface area contributed by atoms with Crippen LogP contribution in [0.3, 0.4) is 0 Å². The molecule has 2 aromatic rings. The number of phenolic OH excluding ortho intramolecular Hbond substituents is 1. The van der Waals surface area contributed by atoms with Crippen LogP contribution in [-0.4, -0.2) is 12.2 Å². The Hall–Kier alpha value is -2.74. The lowest BCUT2D eigenvalue weighted by molar-refractivity contribution is 0.0664. The van der Waals surface area contributed by atoms with E-state index >= 15 is 0 Å². The summed E-state index contributed by atoms with van der Waals surface area (Å²) in [6.45, 7) is 13.5. The number of aryl methyl sites for hydroxylation is 1. The van der Waals surface area contributed by atoms with Crippen molar-refractivity contribution in [2.75, 3.05) is 7.11 Å². The number of hydrogen-bond donors (Lipinski definition) is 1. The van der Waals surface area contributed by atoms with Gasteiger partial charge >= 0.3 is 0 Å². The van der Waals surface area contributed by atoms with Crippen molar-refractivity contribution in [3.63, 3.8) is 0 Å². The Balaban J connectivity index is 1.51. The number of benzene rings is 2. The molecule has 0 heterocycles. The van der Waals surface area contributed by atoms with Crippen molar-refractivity contribution in [3.8, 4) is 11.5 Å². The molecule has 1 fully saturated rings. The standard InChI is InChI=1S/C36H48O2/c1-24(2)10-8-11-25(3)13-16-31-26(4)18-27(20-34(31)37)14-15-28-19-30-23-33-29(12-9-17-36(33,5)6)22-32(30)35(21-28)38-7/h10,13-15,18-21,29,33,37H,8-9,11-12,16-17,22-23H2,1-7H3/b15-14+,25-13+. The normalized spacial score (nSPS) is 20.7. The number of aromatic hydroxyl groups is 1. The largest absolute Gasteiger partial charge is 0.508 e. The molecule has 2 aliphatic carbocycles. The van der Waals surface area contributed by atoms with Gasteiger partial charge in [0.2, 0.25) is 0 Å². The fraction of sp³-hybridized carbons (Fsp3) is 0.500. The molecule has 38 heavy (non-hydrogen) atoms. The first-order valence-corrected chi connectivity index (χ1v) is 14.6. The fourth-order valence-electron chi connectivity index (χ4n) is 6.80. The summed E-state index contributed by atoms with van der Waals surface area (Å²) in [6.07, 6.45) is 18.1. The molecule has 2 heteroatoms. The molecule has 0 aliphatic heterocycles. The van der Waals surface area contributed by atoms with E-state index in [0.29, 0.717) is 11.2 Å². The highest BCUT2D eigenvalue weighted by molar-refractivity contribution is 5.72. The third kappa shape index (κ3) is 6.63. The van der Waals surface area contributed by atoms with Crippen LogP contribution in [0.5, 0.6) is 11.5 Å². The lowest BCUT2D eigenvalue weighted by Gasteiger charge is -2.47. The molecule has 0 aromatic heterocycles. The number of methoxy groups -OCH3 is 1. The first-order chi connectivity index (χ1) is 18.1. The lowest BCUT2D eigenvalue weighted by Crippen LogP contribution is -2.40. The van der Waals surface area contributed by atoms with Crippen molar-refractivity contribution >= 4 is 12.2 Å². The number of hydrogen-bond acceptors (Lipinski definition) is 2. The number of allylic oxidation sites excluding steroid dienone is 4. The van der Waals surface area contributed by atoms with Crippen LogP contribution in [0, 0.1) is 24.2 Å². The zero-order chi connectivity index (χ0) is 27.4. The molecule has 0 saturated heterocycles. The summed E-state index contributed by atoms with van der Waals surface area (Å²) < 4.78 is 5.89. The van der Waals surface area contributed by atoms with E-state index in [-0.39, 0.29) is 0 Å². The van der Waals surface area contributed by atoms with Gasteiger partial charge in [-0.3, -0.25) is 0 Å². The van der Waals surface area contributed by atoms with Crippen LogP contribution < -0.4 is 4.74 Å². The van der Waals surface area contributed by atoms with Gasteiger partial charge < -0.3 is 9.84 Å². The van der Waals surface area contributed by atoms with E-state index in [1.807, 2.05) is 6.07 Å². The Kier molecular flexibility index (Phi) is 8.91. The van der Waals surface area contributed by atoms with Crippen molar-refractivity contribution in [1.29, 1.82) is 0 Å². The number of phenols is 1. The fourth-order valence-corrected chi connectivity index (χ4v) is 6.80. The maximum Gasteiger partial charge on any atom is 0.122 e. The lowest BCUT2D eigenvalue weighted by atomic mass is 9.58. The van der Waals surface area contributed by atoms with Gasteiger partial charge in [0.15, 0.2) is 0 Å². The molecule has 1 N–H and O–H groups in total. The van der Waals surface area contributed by atoms with Crippen LogP contribution in [0.25, 0.3) is 12.2 Å². The van der Waals surface area contributed by atoms with Gasteiger partial charge in [-0.15, -0.1) is 0 Å². The molecule has 0 spiro atoms. The van der Waals surface area contributed by atoms with Gasteiger partial charge in [0.05, 0.1) is 7.11 Å².